The van der Waals surface area contributed by atoms with Crippen molar-refractivity contribution in [1.29, 1.82) is 0 Å². The van der Waals surface area contributed by atoms with E-state index in [0.717, 1.165) is 15.8 Å². The molecule has 1 aliphatic rings. The molecule has 0 aromatic carbocycles. The summed E-state index contributed by atoms with van der Waals surface area (Å²) in [7, 11) is 0. The zero-order valence-electron chi connectivity index (χ0n) is 3.81. The molecule has 0 bridgehead atoms. The Morgan fingerprint density at radius 2 is 2.00 bits per heavy atom. The monoisotopic (exact) mass is 221 g/mol. The Labute approximate surface area is 75.2 Å². The topological polar surface area (TPSA) is 36.0 Å². The predicted molar refractivity (Wildman–Crippen MR) is 33.4 cm³/mol. The molecule has 1 fully saturated rings. The molecule has 1 atom stereocenters. The van der Waals surface area contributed by atoms with Crippen molar-refractivity contribution in [3.05, 3.63) is 0 Å². The molecule has 1 saturated heterocycles. The standard InChI is InChI=1S/CH3NO2S3.Zn/c3-1(2(5)6)4-7-1;/h3,5-6H;. The van der Waals surface area contributed by atoms with Crippen molar-refractivity contribution in [3.8, 4) is 0 Å². The smallest absolute Gasteiger partial charge is 0.335 e. The van der Waals surface area contributed by atoms with Crippen LogP contribution < -0.4 is 0 Å². The first-order valence-corrected chi connectivity index (χ1v) is 2.96. The Bertz CT molecular complexity index is 85.4. The summed E-state index contributed by atoms with van der Waals surface area (Å²) in [5.74, 6) is 0. The van der Waals surface area contributed by atoms with Crippen molar-refractivity contribution in [3.63, 3.8) is 0 Å². The quantitative estimate of drug-likeness (QED) is 0.196. The first-order chi connectivity index (χ1) is 3.15. The van der Waals surface area contributed by atoms with Gasteiger partial charge in [-0.25, -0.2) is 4.18 Å². The molecule has 0 saturated carbocycles. The molecular formula is CH3NO2S3Zn. The van der Waals surface area contributed by atoms with Crippen LogP contribution >= 0.6 is 37.7 Å². The molecule has 0 aliphatic carbocycles. The normalized spacial score (nSPS) is 34.5. The number of hydrogen-bond donors (Lipinski definition) is 3. The van der Waals surface area contributed by atoms with Crippen LogP contribution in [0, 0.1) is 0 Å². The van der Waals surface area contributed by atoms with Gasteiger partial charge in [0, 0.05) is 19.5 Å². The molecule has 7 heteroatoms. The first kappa shape index (κ1) is 9.55. The molecule has 1 rings (SSSR count). The van der Waals surface area contributed by atoms with Crippen LogP contribution in [0.15, 0.2) is 0 Å². The Morgan fingerprint density at radius 1 is 1.62 bits per heavy atom. The summed E-state index contributed by atoms with van der Waals surface area (Å²) < 4.78 is 5.39. The van der Waals surface area contributed by atoms with E-state index in [4.69, 9.17) is 5.11 Å². The van der Waals surface area contributed by atoms with Crippen LogP contribution in [0.1, 0.15) is 0 Å². The zero-order valence-corrected chi connectivity index (χ0v) is 9.38. The SMILES string of the molecule is OC1(N(S)S)OS1.[Zn]. The minimum Gasteiger partial charge on any atom is -0.341 e. The van der Waals surface area contributed by atoms with Crippen LogP contribution in [-0.4, -0.2) is 14.1 Å². The minimum atomic E-state index is -1.27. The number of rotatable bonds is 1. The maximum atomic E-state index is 8.72. The summed E-state index contributed by atoms with van der Waals surface area (Å²) in [6.45, 7) is 0. The second-order valence-corrected chi connectivity index (χ2v) is 2.99. The molecule has 1 N–H and O–H groups in total. The molecule has 1 unspecified atom stereocenters. The van der Waals surface area contributed by atoms with Crippen LogP contribution in [0.25, 0.3) is 0 Å². The number of nitrogens with zero attached hydrogens (tertiary/aromatic N) is 1. The van der Waals surface area contributed by atoms with Gasteiger partial charge in [-0.2, -0.15) is 0 Å². The molecule has 0 spiro atoms. The molecular weight excluding hydrogens is 220 g/mol. The maximum Gasteiger partial charge on any atom is 0.335 e. The third-order valence-corrected chi connectivity index (χ3v) is 1.95. The fourth-order valence-corrected chi connectivity index (χ4v) is 0.712. The van der Waals surface area contributed by atoms with Gasteiger partial charge in [-0.1, -0.05) is 25.6 Å². The molecule has 3 nitrogen and oxygen atoms in total. The van der Waals surface area contributed by atoms with E-state index in [1.165, 1.54) is 0 Å². The van der Waals surface area contributed by atoms with E-state index >= 15 is 0 Å². The van der Waals surface area contributed by atoms with E-state index < -0.39 is 5.24 Å². The van der Waals surface area contributed by atoms with Gasteiger partial charge in [0.2, 0.25) is 0 Å². The summed E-state index contributed by atoms with van der Waals surface area (Å²) in [6.07, 6.45) is 0. The number of hydrogen-bond acceptors (Lipinski definition) is 6. The molecule has 0 aromatic rings. The first-order valence-electron chi connectivity index (χ1n) is 1.42. The Hall–Kier alpha value is 1.55. The van der Waals surface area contributed by atoms with Gasteiger partial charge in [-0.3, -0.25) is 0 Å². The third-order valence-electron chi connectivity index (χ3n) is 0.485. The molecule has 0 amide bonds. The molecule has 0 radical (unpaired) electrons. The fraction of sp³-hybridized carbons (Fsp3) is 1.00. The molecule has 8 heavy (non-hydrogen) atoms. The van der Waals surface area contributed by atoms with Crippen LogP contribution in [0.5, 0.6) is 0 Å². The van der Waals surface area contributed by atoms with Gasteiger partial charge >= 0.3 is 5.24 Å². The van der Waals surface area contributed by atoms with Crippen LogP contribution in [0.4, 0.5) is 0 Å². The van der Waals surface area contributed by atoms with Crippen LogP contribution in [0.2, 0.25) is 0 Å². The van der Waals surface area contributed by atoms with Crippen LogP contribution in [0.3, 0.4) is 0 Å². The van der Waals surface area contributed by atoms with Gasteiger partial charge in [0.15, 0.2) is 0 Å². The molecule has 44 valence electrons. The second-order valence-electron chi connectivity index (χ2n) is 1.00. The van der Waals surface area contributed by atoms with E-state index in [2.05, 4.69) is 29.8 Å². The minimum absolute atomic E-state index is 0. The predicted octanol–water partition coefficient (Wildman–Crippen LogP) is 0.257. The van der Waals surface area contributed by atoms with Crippen molar-refractivity contribution in [2.45, 2.75) is 5.24 Å². The second kappa shape index (κ2) is 3.10. The fourth-order valence-electron chi connectivity index (χ4n) is 0.104. The number of thiol groups is 2. The van der Waals surface area contributed by atoms with E-state index in [9.17, 15) is 0 Å². The summed E-state index contributed by atoms with van der Waals surface area (Å²) >= 11 is 8.19. The Balaban J connectivity index is 0.000000490. The summed E-state index contributed by atoms with van der Waals surface area (Å²) in [6, 6.07) is 0. The van der Waals surface area contributed by atoms with E-state index in [1.807, 2.05) is 0 Å². The Kier molecular flexibility index (Phi) is 3.70. The number of aliphatic hydroxyl groups is 1. The van der Waals surface area contributed by atoms with Gasteiger partial charge in [0.05, 0.1) is 12.0 Å². The van der Waals surface area contributed by atoms with Crippen molar-refractivity contribution in [2.24, 2.45) is 0 Å². The van der Waals surface area contributed by atoms with E-state index in [1.54, 1.807) is 0 Å². The molecule has 0 aromatic heterocycles. The summed E-state index contributed by atoms with van der Waals surface area (Å²) in [5, 5.41) is 7.45. The Morgan fingerprint density at radius 3 is 2.00 bits per heavy atom. The van der Waals surface area contributed by atoms with Crippen molar-refractivity contribution < 1.29 is 28.8 Å². The van der Waals surface area contributed by atoms with Crippen LogP contribution in [-0.2, 0) is 23.7 Å². The molecule has 1 aliphatic heterocycles. The van der Waals surface area contributed by atoms with Gasteiger partial charge < -0.3 is 5.11 Å². The molecule has 1 heterocycles. The average Bonchev–Trinajstić information content (AvgIpc) is 2.21. The van der Waals surface area contributed by atoms with Crippen molar-refractivity contribution in [2.75, 3.05) is 0 Å². The summed E-state index contributed by atoms with van der Waals surface area (Å²) in [5.41, 5.74) is 0. The van der Waals surface area contributed by atoms with Crippen molar-refractivity contribution in [1.82, 2.24) is 3.71 Å². The van der Waals surface area contributed by atoms with E-state index in [-0.39, 0.29) is 19.5 Å². The summed E-state index contributed by atoms with van der Waals surface area (Å²) in [4.78, 5) is 0. The van der Waals surface area contributed by atoms with Gasteiger partial charge in [-0.15, -0.1) is 3.71 Å². The maximum absolute atomic E-state index is 8.72. The third kappa shape index (κ3) is 2.06. The largest absolute Gasteiger partial charge is 0.341 e. The van der Waals surface area contributed by atoms with Gasteiger partial charge in [0.25, 0.3) is 0 Å². The van der Waals surface area contributed by atoms with E-state index in [0.29, 0.717) is 0 Å². The van der Waals surface area contributed by atoms with Gasteiger partial charge in [-0.05, 0) is 0 Å². The average molecular weight is 223 g/mol. The van der Waals surface area contributed by atoms with Gasteiger partial charge in [0.1, 0.15) is 0 Å². The van der Waals surface area contributed by atoms with Crippen molar-refractivity contribution >= 4 is 37.7 Å². The zero-order chi connectivity index (χ0) is 5.49.